The molecule has 0 bridgehead atoms. The molecule has 1 N–H and O–H groups in total. The van der Waals surface area contributed by atoms with Crippen molar-refractivity contribution in [1.82, 2.24) is 9.55 Å². The Morgan fingerprint density at radius 3 is 2.67 bits per heavy atom. The quantitative estimate of drug-likeness (QED) is 0.318. The molecule has 9 heteroatoms. The highest BCUT2D eigenvalue weighted by molar-refractivity contribution is 6.09. The molecular weight excluding hydrogens is 354 g/mol. The van der Waals surface area contributed by atoms with E-state index < -0.39 is 40.0 Å². The summed E-state index contributed by atoms with van der Waals surface area (Å²) in [6.07, 6.45) is 0.941. The number of aromatic amines is 1. The molecule has 0 atom stereocenters. The van der Waals surface area contributed by atoms with Crippen molar-refractivity contribution in [2.45, 2.75) is 13.5 Å². The third-order valence-corrected chi connectivity index (χ3v) is 4.17. The number of methoxy groups -OCH3 is 1. The second kappa shape index (κ2) is 6.87. The fourth-order valence-corrected chi connectivity index (χ4v) is 2.96. The average Bonchev–Trinajstić information content (AvgIpc) is 2.98. The molecular formula is C18H15N3O6. The lowest BCUT2D eigenvalue weighted by Crippen LogP contribution is -2.29. The third kappa shape index (κ3) is 3.22. The van der Waals surface area contributed by atoms with Crippen LogP contribution in [0.15, 0.2) is 41.3 Å². The van der Waals surface area contributed by atoms with Crippen molar-refractivity contribution in [3.63, 3.8) is 0 Å². The minimum atomic E-state index is -1.01. The Morgan fingerprint density at radius 1 is 1.30 bits per heavy atom. The highest BCUT2D eigenvalue weighted by atomic mass is 16.6. The molecule has 0 saturated carbocycles. The summed E-state index contributed by atoms with van der Waals surface area (Å²) < 4.78 is 5.35. The van der Waals surface area contributed by atoms with Crippen LogP contribution >= 0.6 is 0 Å². The van der Waals surface area contributed by atoms with Crippen molar-refractivity contribution in [2.75, 3.05) is 7.11 Å². The molecule has 3 rings (SSSR count). The molecule has 0 fully saturated rings. The van der Waals surface area contributed by atoms with Gasteiger partial charge in [-0.3, -0.25) is 19.7 Å². The number of nitrogens with zero attached hydrogens (tertiary/aromatic N) is 2. The number of H-pyrrole nitrogens is 1. The fourth-order valence-electron chi connectivity index (χ4n) is 2.96. The van der Waals surface area contributed by atoms with Gasteiger partial charge in [0.2, 0.25) is 0 Å². The number of aromatic nitrogens is 2. The number of nitrogens with one attached hydrogen (secondary N) is 1. The number of fused-ring (bicyclic) bond motifs is 1. The van der Waals surface area contributed by atoms with Gasteiger partial charge in [0, 0.05) is 28.2 Å². The Kier molecular flexibility index (Phi) is 4.59. The van der Waals surface area contributed by atoms with Gasteiger partial charge in [-0.2, -0.15) is 0 Å². The number of hydrogen-bond acceptors (Lipinski definition) is 6. The molecule has 138 valence electrons. The number of benzene rings is 1. The standard InChI is InChI=1S/C18H15N3O6/c1-10-16(12-5-3-4-6-14(12)19-10)15(22)9-20-8-11(21(25)26)7-13(17(20)23)18(24)27-2/h3-8,19H,9H2,1-2H3. The summed E-state index contributed by atoms with van der Waals surface area (Å²) in [5.74, 6) is -1.42. The summed E-state index contributed by atoms with van der Waals surface area (Å²) in [4.78, 5) is 50.5. The van der Waals surface area contributed by atoms with Gasteiger partial charge in [-0.15, -0.1) is 0 Å². The number of carbonyl (C=O) groups is 2. The second-order valence-corrected chi connectivity index (χ2v) is 5.89. The van der Waals surface area contributed by atoms with Crippen molar-refractivity contribution in [3.8, 4) is 0 Å². The van der Waals surface area contributed by atoms with Gasteiger partial charge in [0.05, 0.1) is 24.8 Å². The van der Waals surface area contributed by atoms with E-state index in [9.17, 15) is 24.5 Å². The van der Waals surface area contributed by atoms with Crippen LogP contribution in [0.25, 0.3) is 10.9 Å². The van der Waals surface area contributed by atoms with Gasteiger partial charge < -0.3 is 14.3 Å². The van der Waals surface area contributed by atoms with Crippen LogP contribution in [-0.4, -0.2) is 33.3 Å². The zero-order chi connectivity index (χ0) is 19.7. The predicted molar refractivity (Wildman–Crippen MR) is 96.1 cm³/mol. The van der Waals surface area contributed by atoms with Crippen LogP contribution in [0, 0.1) is 17.0 Å². The van der Waals surface area contributed by atoms with Crippen molar-refractivity contribution in [1.29, 1.82) is 0 Å². The molecule has 3 aromatic rings. The molecule has 27 heavy (non-hydrogen) atoms. The zero-order valence-electron chi connectivity index (χ0n) is 14.5. The number of ether oxygens (including phenoxy) is 1. The van der Waals surface area contributed by atoms with Crippen LogP contribution in [0.2, 0.25) is 0 Å². The molecule has 0 unspecified atom stereocenters. The largest absolute Gasteiger partial charge is 0.465 e. The average molecular weight is 369 g/mol. The molecule has 0 aliphatic heterocycles. The van der Waals surface area contributed by atoms with Crippen LogP contribution in [0.1, 0.15) is 26.4 Å². The predicted octanol–water partition coefficient (Wildman–Crippen LogP) is 2.22. The van der Waals surface area contributed by atoms with E-state index in [1.807, 2.05) is 12.1 Å². The lowest BCUT2D eigenvalue weighted by atomic mass is 10.1. The van der Waals surface area contributed by atoms with E-state index in [1.165, 1.54) is 0 Å². The number of Topliss-reactive ketones (excluding diaryl/α,β-unsaturated/α-hetero) is 1. The van der Waals surface area contributed by atoms with E-state index >= 15 is 0 Å². The Hall–Kier alpha value is -3.75. The summed E-state index contributed by atoms with van der Waals surface area (Å²) in [7, 11) is 1.06. The summed E-state index contributed by atoms with van der Waals surface area (Å²) in [5.41, 5.74) is -0.0524. The molecule has 0 aliphatic carbocycles. The monoisotopic (exact) mass is 369 g/mol. The van der Waals surface area contributed by atoms with E-state index in [2.05, 4.69) is 9.72 Å². The molecule has 2 aromatic heterocycles. The first-order valence-corrected chi connectivity index (χ1v) is 7.91. The summed E-state index contributed by atoms with van der Waals surface area (Å²) in [6, 6.07) is 8.02. The van der Waals surface area contributed by atoms with Gasteiger partial charge in [-0.05, 0) is 13.0 Å². The number of pyridine rings is 1. The Bertz CT molecular complexity index is 1140. The zero-order valence-corrected chi connectivity index (χ0v) is 14.5. The fraction of sp³-hybridized carbons (Fsp3) is 0.167. The first kappa shape index (κ1) is 18.1. The highest BCUT2D eigenvalue weighted by Gasteiger charge is 2.22. The number of hydrogen-bond donors (Lipinski definition) is 1. The van der Waals surface area contributed by atoms with Gasteiger partial charge in [0.1, 0.15) is 5.56 Å². The summed E-state index contributed by atoms with van der Waals surface area (Å²) >= 11 is 0. The van der Waals surface area contributed by atoms with Crippen molar-refractivity contribution in [3.05, 3.63) is 73.8 Å². The molecule has 0 amide bonds. The summed E-state index contributed by atoms with van der Waals surface area (Å²) in [5, 5.41) is 11.8. The number of aryl methyl sites for hydroxylation is 1. The van der Waals surface area contributed by atoms with Crippen LogP contribution in [0.5, 0.6) is 0 Å². The molecule has 0 saturated heterocycles. The third-order valence-electron chi connectivity index (χ3n) is 4.17. The van der Waals surface area contributed by atoms with Crippen molar-refractivity contribution in [2.24, 2.45) is 0 Å². The molecule has 9 nitrogen and oxygen atoms in total. The minimum Gasteiger partial charge on any atom is -0.465 e. The van der Waals surface area contributed by atoms with Gasteiger partial charge in [-0.25, -0.2) is 4.79 Å². The lowest BCUT2D eigenvalue weighted by Gasteiger charge is -2.08. The van der Waals surface area contributed by atoms with Gasteiger partial charge in [0.15, 0.2) is 5.78 Å². The molecule has 2 heterocycles. The Morgan fingerprint density at radius 2 is 2.00 bits per heavy atom. The van der Waals surface area contributed by atoms with Gasteiger partial charge in [0.25, 0.3) is 11.2 Å². The van der Waals surface area contributed by atoms with E-state index in [-0.39, 0.29) is 0 Å². The first-order chi connectivity index (χ1) is 12.8. The topological polar surface area (TPSA) is 124 Å². The SMILES string of the molecule is COC(=O)c1cc([N+](=O)[O-])cn(CC(=O)c2c(C)[nH]c3ccccc23)c1=O. The minimum absolute atomic E-state index is 0.392. The van der Waals surface area contributed by atoms with Gasteiger partial charge >= 0.3 is 5.97 Å². The highest BCUT2D eigenvalue weighted by Crippen LogP contribution is 2.23. The molecule has 0 radical (unpaired) electrons. The van der Waals surface area contributed by atoms with Crippen LogP contribution < -0.4 is 5.56 Å². The van der Waals surface area contributed by atoms with E-state index in [4.69, 9.17) is 0 Å². The number of ketones is 1. The smallest absolute Gasteiger partial charge is 0.343 e. The number of nitro groups is 1. The van der Waals surface area contributed by atoms with E-state index in [1.54, 1.807) is 19.1 Å². The number of esters is 1. The van der Waals surface area contributed by atoms with E-state index in [0.29, 0.717) is 16.6 Å². The Balaban J connectivity index is 2.09. The van der Waals surface area contributed by atoms with E-state index in [0.717, 1.165) is 29.5 Å². The first-order valence-electron chi connectivity index (χ1n) is 7.91. The number of carbonyl (C=O) groups excluding carboxylic acids is 2. The van der Waals surface area contributed by atoms with Gasteiger partial charge in [-0.1, -0.05) is 18.2 Å². The second-order valence-electron chi connectivity index (χ2n) is 5.89. The van der Waals surface area contributed by atoms with Crippen molar-refractivity contribution < 1.29 is 19.2 Å². The Labute approximate surface area is 152 Å². The maximum absolute atomic E-state index is 12.8. The molecule has 0 spiro atoms. The maximum atomic E-state index is 12.8. The van der Waals surface area contributed by atoms with Crippen molar-refractivity contribution >= 4 is 28.3 Å². The number of rotatable bonds is 5. The molecule has 1 aromatic carbocycles. The lowest BCUT2D eigenvalue weighted by molar-refractivity contribution is -0.385. The van der Waals surface area contributed by atoms with Crippen LogP contribution in [0.3, 0.4) is 0 Å². The molecule has 0 aliphatic rings. The number of para-hydroxylation sites is 1. The normalized spacial score (nSPS) is 10.7. The summed E-state index contributed by atoms with van der Waals surface area (Å²) in [6.45, 7) is 1.27. The van der Waals surface area contributed by atoms with Crippen LogP contribution in [0.4, 0.5) is 5.69 Å². The van der Waals surface area contributed by atoms with Crippen LogP contribution in [-0.2, 0) is 11.3 Å². The maximum Gasteiger partial charge on any atom is 0.343 e.